The molecule has 9 nitrogen and oxygen atoms in total. The smallest absolute Gasteiger partial charge is 0.307 e. The van der Waals surface area contributed by atoms with Crippen LogP contribution in [-0.4, -0.2) is 35.8 Å². The van der Waals surface area contributed by atoms with Crippen molar-refractivity contribution in [2.75, 3.05) is 13.2 Å². The lowest BCUT2D eigenvalue weighted by molar-refractivity contribution is 0.103. The molecule has 1 aliphatic carbocycles. The lowest BCUT2D eigenvalue weighted by atomic mass is 9.92. The minimum absolute atomic E-state index is 0.0639. The van der Waals surface area contributed by atoms with Crippen molar-refractivity contribution in [3.63, 3.8) is 0 Å². The van der Waals surface area contributed by atoms with Gasteiger partial charge in [-0.3, -0.25) is 9.36 Å². The molecule has 0 bridgehead atoms. The van der Waals surface area contributed by atoms with Crippen LogP contribution in [0.4, 0.5) is 0 Å². The normalized spacial score (nSPS) is 17.5. The fraction of sp³-hybridized carbons (Fsp3) is 0.276. The van der Waals surface area contributed by atoms with Crippen LogP contribution < -0.4 is 4.72 Å². The number of allylic oxidation sites excluding steroid dienone is 1. The number of nitrogens with one attached hydrogen (secondary N) is 1. The minimum Gasteiger partial charge on any atom is -0.307 e. The van der Waals surface area contributed by atoms with Crippen molar-refractivity contribution < 1.29 is 35.2 Å². The molecule has 1 aliphatic rings. The van der Waals surface area contributed by atoms with Crippen LogP contribution in [0, 0.1) is 6.92 Å². The minimum atomic E-state index is -4.66. The number of halogens is 1. The van der Waals surface area contributed by atoms with Gasteiger partial charge in [-0.1, -0.05) is 67.4 Å². The molecule has 13 heteroatoms. The topological polar surface area (TPSA) is 133 Å². The molecule has 0 aliphatic heterocycles. The van der Waals surface area contributed by atoms with Crippen molar-refractivity contribution >= 4 is 44.8 Å². The van der Waals surface area contributed by atoms with E-state index >= 15 is 0 Å². The maximum Gasteiger partial charge on any atom is 0.360 e. The van der Waals surface area contributed by atoms with Gasteiger partial charge in [0.1, 0.15) is 4.91 Å². The zero-order valence-electron chi connectivity index (χ0n) is 23.2. The highest BCUT2D eigenvalue weighted by Gasteiger charge is 2.58. The molecule has 42 heavy (non-hydrogen) atoms. The van der Waals surface area contributed by atoms with Gasteiger partial charge in [-0.15, -0.1) is 0 Å². The molecule has 1 unspecified atom stereocenters. The van der Waals surface area contributed by atoms with Gasteiger partial charge < -0.3 is 9.05 Å². The summed E-state index contributed by atoms with van der Waals surface area (Å²) in [5.41, 5.74) is 0.564. The number of ketones is 1. The Kier molecular flexibility index (Phi) is 9.64. The summed E-state index contributed by atoms with van der Waals surface area (Å²) >= 11 is 5.97. The van der Waals surface area contributed by atoms with Gasteiger partial charge in [0.25, 0.3) is 0 Å². The predicted molar refractivity (Wildman–Crippen MR) is 161 cm³/mol. The van der Waals surface area contributed by atoms with Crippen LogP contribution >= 0.6 is 19.2 Å². The third kappa shape index (κ3) is 6.05. The predicted octanol–water partition coefficient (Wildman–Crippen LogP) is 6.38. The number of benzene rings is 3. The number of sulfonamides is 1. The van der Waals surface area contributed by atoms with Gasteiger partial charge in [-0.2, -0.15) is 4.72 Å². The second-order valence-corrected chi connectivity index (χ2v) is 15.9. The van der Waals surface area contributed by atoms with Crippen LogP contribution in [0.15, 0.2) is 93.6 Å². The van der Waals surface area contributed by atoms with E-state index in [1.54, 1.807) is 32.9 Å². The summed E-state index contributed by atoms with van der Waals surface area (Å²) in [7, 11) is -13.8. The SMILES string of the molecule is CCCOP(=O)(OCCC)C1(NS(=O)(=O)c2ccc(Cl)cc2)C=C(S(=O)(=O)c2ccc(C)cc2)C(=O)c2ccccc21. The summed E-state index contributed by atoms with van der Waals surface area (Å²) in [6.45, 7) is 5.10. The monoisotopic (exact) mass is 651 g/mol. The lowest BCUT2D eigenvalue weighted by Crippen LogP contribution is -2.48. The number of carbonyl (C=O) groups is 1. The van der Waals surface area contributed by atoms with E-state index in [0.717, 1.165) is 11.6 Å². The van der Waals surface area contributed by atoms with E-state index in [2.05, 4.69) is 4.72 Å². The summed E-state index contributed by atoms with van der Waals surface area (Å²) in [4.78, 5) is 12.6. The lowest BCUT2D eigenvalue weighted by Gasteiger charge is -2.40. The molecular weight excluding hydrogens is 621 g/mol. The fourth-order valence-electron chi connectivity index (χ4n) is 4.43. The third-order valence-corrected chi connectivity index (χ3v) is 12.6. The van der Waals surface area contributed by atoms with Crippen molar-refractivity contribution in [3.8, 4) is 0 Å². The highest BCUT2D eigenvalue weighted by Crippen LogP contribution is 2.67. The molecule has 0 aromatic heterocycles. The molecule has 3 aromatic rings. The van der Waals surface area contributed by atoms with Gasteiger partial charge in [0.15, 0.2) is 5.28 Å². The van der Waals surface area contributed by atoms with Gasteiger partial charge >= 0.3 is 7.60 Å². The zero-order chi connectivity index (χ0) is 30.8. The second kappa shape index (κ2) is 12.5. The van der Waals surface area contributed by atoms with Crippen LogP contribution in [0.5, 0.6) is 0 Å². The van der Waals surface area contributed by atoms with Gasteiger partial charge in [-0.25, -0.2) is 16.8 Å². The molecule has 1 N–H and O–H groups in total. The summed E-state index contributed by atoms with van der Waals surface area (Å²) in [6.07, 6.45) is 1.66. The number of Topliss-reactive ketones (excluding diaryl/α,β-unsaturated/α-hetero) is 1. The van der Waals surface area contributed by atoms with Crippen LogP contribution in [0.25, 0.3) is 0 Å². The largest absolute Gasteiger partial charge is 0.360 e. The van der Waals surface area contributed by atoms with E-state index in [4.69, 9.17) is 20.6 Å². The Labute approximate surface area is 251 Å². The molecule has 0 amide bonds. The van der Waals surface area contributed by atoms with Crippen molar-refractivity contribution in [2.45, 2.75) is 48.7 Å². The standard InChI is InChI=1S/C29H31ClNO8PS2/c1-4-18-38-40(33,39-19-5-2)29(31-42(36,37)24-16-12-22(30)13-17-24)20-27(28(32)25-8-6-7-9-26(25)29)41(34,35)23-14-10-21(3)11-15-23/h6-17,20,31H,4-5,18-19H2,1-3H3. The second-order valence-electron chi connectivity index (χ2n) is 9.69. The Hall–Kier alpha value is -2.63. The maximum atomic E-state index is 15.0. The molecule has 0 spiro atoms. The molecule has 1 atom stereocenters. The van der Waals surface area contributed by atoms with E-state index in [9.17, 15) is 26.2 Å². The summed E-state index contributed by atoms with van der Waals surface area (Å²) < 4.78 is 84.9. The number of aryl methyl sites for hydroxylation is 1. The number of rotatable bonds is 12. The molecule has 0 radical (unpaired) electrons. The van der Waals surface area contributed by atoms with Gasteiger partial charge in [0.05, 0.1) is 23.0 Å². The van der Waals surface area contributed by atoms with E-state index in [-0.39, 0.29) is 39.2 Å². The quantitative estimate of drug-likeness (QED) is 0.223. The molecule has 224 valence electrons. The van der Waals surface area contributed by atoms with E-state index in [1.807, 2.05) is 0 Å². The Morgan fingerprint density at radius 3 is 1.95 bits per heavy atom. The Balaban J connectivity index is 2.10. The molecule has 0 saturated carbocycles. The van der Waals surface area contributed by atoms with Crippen LogP contribution in [0.2, 0.25) is 5.02 Å². The highest BCUT2D eigenvalue weighted by molar-refractivity contribution is 7.96. The van der Waals surface area contributed by atoms with Crippen molar-refractivity contribution in [1.82, 2.24) is 4.72 Å². The first-order valence-electron chi connectivity index (χ1n) is 13.2. The Bertz CT molecular complexity index is 1760. The Morgan fingerprint density at radius 1 is 0.833 bits per heavy atom. The van der Waals surface area contributed by atoms with Gasteiger partial charge in [0, 0.05) is 16.1 Å². The van der Waals surface area contributed by atoms with E-state index < -0.39 is 43.4 Å². The number of hydrogen-bond acceptors (Lipinski definition) is 8. The van der Waals surface area contributed by atoms with E-state index in [1.165, 1.54) is 60.7 Å². The van der Waals surface area contributed by atoms with E-state index in [0.29, 0.717) is 12.8 Å². The summed E-state index contributed by atoms with van der Waals surface area (Å²) in [5.74, 6) is -0.884. The van der Waals surface area contributed by atoms with Crippen molar-refractivity contribution in [2.24, 2.45) is 0 Å². The number of fused-ring (bicyclic) bond motifs is 1. The number of sulfone groups is 1. The highest BCUT2D eigenvalue weighted by atomic mass is 35.5. The Morgan fingerprint density at radius 2 is 1.38 bits per heavy atom. The fourth-order valence-corrected chi connectivity index (χ4v) is 10.2. The summed E-state index contributed by atoms with van der Waals surface area (Å²) in [5, 5.41) is -2.15. The first-order valence-corrected chi connectivity index (χ1v) is 18.1. The van der Waals surface area contributed by atoms with Crippen LogP contribution in [0.3, 0.4) is 0 Å². The first-order chi connectivity index (χ1) is 19.8. The van der Waals surface area contributed by atoms with Crippen LogP contribution in [-0.2, 0) is 38.8 Å². The molecular formula is C29H31ClNO8PS2. The maximum absolute atomic E-state index is 15.0. The number of carbonyl (C=O) groups excluding carboxylic acids is 1. The molecule has 0 fully saturated rings. The van der Waals surface area contributed by atoms with Crippen molar-refractivity contribution in [1.29, 1.82) is 0 Å². The molecule has 4 rings (SSSR count). The average Bonchev–Trinajstić information content (AvgIpc) is 2.96. The molecule has 3 aromatic carbocycles. The molecule has 0 heterocycles. The zero-order valence-corrected chi connectivity index (χ0v) is 26.5. The van der Waals surface area contributed by atoms with Gasteiger partial charge in [-0.05, 0) is 62.2 Å². The average molecular weight is 652 g/mol. The summed E-state index contributed by atoms with van der Waals surface area (Å²) in [6, 6.07) is 16.8. The molecule has 0 saturated heterocycles. The van der Waals surface area contributed by atoms with Gasteiger partial charge in [0.2, 0.25) is 25.6 Å². The third-order valence-electron chi connectivity index (χ3n) is 6.54. The number of hydrogen-bond donors (Lipinski definition) is 1. The first kappa shape index (κ1) is 32.3. The van der Waals surface area contributed by atoms with Crippen molar-refractivity contribution in [3.05, 3.63) is 105 Å². The van der Waals surface area contributed by atoms with Crippen LogP contribution in [0.1, 0.15) is 48.2 Å².